The number of carbonyl (C=O) groups excluding carboxylic acids is 2. The fourth-order valence-electron chi connectivity index (χ4n) is 3.60. The molecule has 0 bridgehead atoms. The van der Waals surface area contributed by atoms with E-state index in [1.165, 1.54) is 0 Å². The van der Waals surface area contributed by atoms with E-state index in [2.05, 4.69) is 33.0 Å². The summed E-state index contributed by atoms with van der Waals surface area (Å²) in [5.74, 6) is -0.209. The number of rotatable bonds is 4. The number of benzene rings is 2. The molecule has 0 unspecified atom stereocenters. The molecule has 1 heterocycles. The lowest BCUT2D eigenvalue weighted by molar-refractivity contribution is -0.134. The molecule has 4 nitrogen and oxygen atoms in total. The van der Waals surface area contributed by atoms with Crippen LogP contribution in [-0.4, -0.2) is 17.5 Å². The summed E-state index contributed by atoms with van der Waals surface area (Å²) in [4.78, 5) is 25.6. The van der Waals surface area contributed by atoms with Gasteiger partial charge in [-0.3, -0.25) is 4.79 Å². The van der Waals surface area contributed by atoms with Crippen LogP contribution in [0.4, 0.5) is 5.69 Å². The average Bonchev–Trinajstić information content (AvgIpc) is 2.61. The van der Waals surface area contributed by atoms with E-state index < -0.39 is 11.6 Å². The van der Waals surface area contributed by atoms with E-state index in [1.54, 1.807) is 19.1 Å². The zero-order chi connectivity index (χ0) is 19.8. The topological polar surface area (TPSA) is 55.4 Å². The van der Waals surface area contributed by atoms with Crippen molar-refractivity contribution in [3.63, 3.8) is 0 Å². The van der Waals surface area contributed by atoms with Crippen LogP contribution in [0.1, 0.15) is 73.5 Å². The molecular formula is C23H27NO3. The lowest BCUT2D eigenvalue weighted by Crippen LogP contribution is -2.49. The Labute approximate surface area is 160 Å². The summed E-state index contributed by atoms with van der Waals surface area (Å²) in [6.07, 6.45) is 0.363. The summed E-state index contributed by atoms with van der Waals surface area (Å²) in [5.41, 5.74) is 3.15. The van der Waals surface area contributed by atoms with E-state index in [0.717, 1.165) is 22.4 Å². The molecule has 0 aromatic heterocycles. The fourth-order valence-corrected chi connectivity index (χ4v) is 3.60. The van der Waals surface area contributed by atoms with Gasteiger partial charge in [-0.2, -0.15) is 0 Å². The van der Waals surface area contributed by atoms with Crippen molar-refractivity contribution in [3.8, 4) is 0 Å². The van der Waals surface area contributed by atoms with E-state index in [0.29, 0.717) is 12.0 Å². The first kappa shape index (κ1) is 19.2. The number of para-hydroxylation sites is 1. The third-order valence-corrected chi connectivity index (χ3v) is 5.17. The number of ether oxygens (including phenoxy) is 1. The molecule has 1 N–H and O–H groups in total. The minimum Gasteiger partial charge on any atom is -0.445 e. The van der Waals surface area contributed by atoms with Crippen LogP contribution in [-0.2, 0) is 16.0 Å². The third-order valence-electron chi connectivity index (χ3n) is 5.17. The van der Waals surface area contributed by atoms with Gasteiger partial charge < -0.3 is 10.1 Å². The molecule has 0 spiro atoms. The molecule has 1 aliphatic rings. The van der Waals surface area contributed by atoms with Crippen LogP contribution in [0.25, 0.3) is 0 Å². The van der Waals surface area contributed by atoms with Gasteiger partial charge in [0.2, 0.25) is 0 Å². The Kier molecular flexibility index (Phi) is 5.09. The van der Waals surface area contributed by atoms with Crippen LogP contribution in [0.15, 0.2) is 42.5 Å². The molecule has 0 saturated heterocycles. The number of amides is 1. The predicted octanol–water partition coefficient (Wildman–Crippen LogP) is 5.04. The second-order valence-electron chi connectivity index (χ2n) is 8.03. The van der Waals surface area contributed by atoms with Gasteiger partial charge in [0.05, 0.1) is 5.56 Å². The number of cyclic esters (lactones) is 1. The molecule has 3 rings (SSSR count). The van der Waals surface area contributed by atoms with Crippen molar-refractivity contribution < 1.29 is 14.3 Å². The predicted molar refractivity (Wildman–Crippen MR) is 107 cm³/mol. The maximum absolute atomic E-state index is 13.2. The lowest BCUT2D eigenvalue weighted by Gasteiger charge is -2.34. The van der Waals surface area contributed by atoms with Gasteiger partial charge in [0.15, 0.2) is 5.60 Å². The van der Waals surface area contributed by atoms with Gasteiger partial charge >= 0.3 is 5.97 Å². The second-order valence-corrected chi connectivity index (χ2v) is 8.03. The molecule has 0 aliphatic carbocycles. The van der Waals surface area contributed by atoms with Gasteiger partial charge in [-0.15, -0.1) is 0 Å². The third kappa shape index (κ3) is 3.61. The van der Waals surface area contributed by atoms with Crippen LogP contribution in [0.2, 0.25) is 0 Å². The highest BCUT2D eigenvalue weighted by atomic mass is 16.6. The van der Waals surface area contributed by atoms with Gasteiger partial charge in [-0.1, -0.05) is 64.1 Å². The van der Waals surface area contributed by atoms with E-state index in [4.69, 9.17) is 4.74 Å². The number of hydrogen-bond acceptors (Lipinski definition) is 3. The molecule has 0 fully saturated rings. The minimum atomic E-state index is -1.23. The summed E-state index contributed by atoms with van der Waals surface area (Å²) in [7, 11) is 0. The molecule has 0 radical (unpaired) electrons. The summed E-state index contributed by atoms with van der Waals surface area (Å²) in [6, 6.07) is 13.4. The first-order valence-corrected chi connectivity index (χ1v) is 9.48. The number of anilines is 1. The molecule has 142 valence electrons. The smallest absolute Gasteiger partial charge is 0.339 e. The Morgan fingerprint density at radius 2 is 1.59 bits per heavy atom. The monoisotopic (exact) mass is 365 g/mol. The van der Waals surface area contributed by atoms with E-state index in [-0.39, 0.29) is 17.7 Å². The van der Waals surface area contributed by atoms with E-state index >= 15 is 0 Å². The SMILES string of the molecule is CC(C)c1cccc(C(C)C)c1NC(=O)[C@]1(C)Cc2ccccc2C(=O)O1. The highest BCUT2D eigenvalue weighted by Gasteiger charge is 2.43. The van der Waals surface area contributed by atoms with Crippen molar-refractivity contribution in [2.24, 2.45) is 0 Å². The van der Waals surface area contributed by atoms with E-state index in [9.17, 15) is 9.59 Å². The van der Waals surface area contributed by atoms with Crippen molar-refractivity contribution in [2.45, 2.75) is 58.5 Å². The standard InChI is InChI=1S/C23H27NO3/c1-14(2)17-11-8-12-18(15(3)4)20(17)24-22(26)23(5)13-16-9-6-7-10-19(16)21(25)27-23/h6-12,14-15H,13H2,1-5H3,(H,24,26)/t23-/m0/s1. The van der Waals surface area contributed by atoms with Gasteiger partial charge in [0, 0.05) is 12.1 Å². The number of esters is 1. The number of fused-ring (bicyclic) bond motifs is 1. The largest absolute Gasteiger partial charge is 0.445 e. The average molecular weight is 365 g/mol. The van der Waals surface area contributed by atoms with Crippen molar-refractivity contribution in [1.82, 2.24) is 0 Å². The normalized spacial score (nSPS) is 19.0. The van der Waals surface area contributed by atoms with Gasteiger partial charge in [-0.25, -0.2) is 4.79 Å². The zero-order valence-corrected chi connectivity index (χ0v) is 16.6. The molecule has 4 heteroatoms. The summed E-state index contributed by atoms with van der Waals surface area (Å²) in [5, 5.41) is 3.09. The van der Waals surface area contributed by atoms with Crippen LogP contribution in [0.3, 0.4) is 0 Å². The quantitative estimate of drug-likeness (QED) is 0.772. The van der Waals surface area contributed by atoms with Gasteiger partial charge in [-0.05, 0) is 41.5 Å². The Bertz CT molecular complexity index is 859. The lowest BCUT2D eigenvalue weighted by atomic mass is 9.88. The van der Waals surface area contributed by atoms with Crippen LogP contribution >= 0.6 is 0 Å². The summed E-state index contributed by atoms with van der Waals surface area (Å²) in [6.45, 7) is 10.1. The first-order valence-electron chi connectivity index (χ1n) is 9.48. The Balaban J connectivity index is 1.96. The number of nitrogens with one attached hydrogen (secondary N) is 1. The zero-order valence-electron chi connectivity index (χ0n) is 16.6. The van der Waals surface area contributed by atoms with E-state index in [1.807, 2.05) is 30.3 Å². The van der Waals surface area contributed by atoms with Crippen LogP contribution in [0.5, 0.6) is 0 Å². The maximum atomic E-state index is 13.2. The Morgan fingerprint density at radius 3 is 2.19 bits per heavy atom. The van der Waals surface area contributed by atoms with Gasteiger partial charge in [0.25, 0.3) is 5.91 Å². The molecule has 1 aliphatic heterocycles. The molecule has 0 saturated carbocycles. The summed E-state index contributed by atoms with van der Waals surface area (Å²) < 4.78 is 5.58. The van der Waals surface area contributed by atoms with Crippen LogP contribution in [0, 0.1) is 0 Å². The van der Waals surface area contributed by atoms with Gasteiger partial charge in [0.1, 0.15) is 0 Å². The summed E-state index contributed by atoms with van der Waals surface area (Å²) >= 11 is 0. The molecule has 2 aromatic rings. The second kappa shape index (κ2) is 7.18. The maximum Gasteiger partial charge on any atom is 0.339 e. The molecule has 1 amide bonds. The van der Waals surface area contributed by atoms with Crippen LogP contribution < -0.4 is 5.32 Å². The fraction of sp³-hybridized carbons (Fsp3) is 0.391. The minimum absolute atomic E-state index is 0.265. The number of hydrogen-bond donors (Lipinski definition) is 1. The Hall–Kier alpha value is -2.62. The van der Waals surface area contributed by atoms with Crippen molar-refractivity contribution in [2.75, 3.05) is 5.32 Å². The highest BCUT2D eigenvalue weighted by Crippen LogP contribution is 2.35. The molecule has 1 atom stereocenters. The van der Waals surface area contributed by atoms with Crippen molar-refractivity contribution in [1.29, 1.82) is 0 Å². The van der Waals surface area contributed by atoms with Crippen molar-refractivity contribution in [3.05, 3.63) is 64.7 Å². The molecule has 2 aromatic carbocycles. The Morgan fingerprint density at radius 1 is 1.00 bits per heavy atom. The van der Waals surface area contributed by atoms with Crippen molar-refractivity contribution >= 4 is 17.6 Å². The molecule has 27 heavy (non-hydrogen) atoms. The number of carbonyl (C=O) groups is 2. The first-order chi connectivity index (χ1) is 12.7. The molecular weight excluding hydrogens is 338 g/mol. The highest BCUT2D eigenvalue weighted by molar-refractivity contribution is 6.03.